The van der Waals surface area contributed by atoms with Gasteiger partial charge in [0.2, 0.25) is 11.8 Å². The van der Waals surface area contributed by atoms with Crippen LogP contribution in [0.4, 0.5) is 5.69 Å². The van der Waals surface area contributed by atoms with Gasteiger partial charge in [0.15, 0.2) is 0 Å². The molecule has 2 amide bonds. The molecule has 1 atom stereocenters. The number of aromatic nitrogens is 1. The molecule has 1 aliphatic heterocycles. The normalized spacial score (nSPS) is 17.5. The van der Waals surface area contributed by atoms with E-state index in [-0.39, 0.29) is 30.1 Å². The van der Waals surface area contributed by atoms with E-state index in [1.165, 1.54) is 13.0 Å². The molecule has 1 saturated heterocycles. The molecule has 8 heteroatoms. The lowest BCUT2D eigenvalue weighted by Crippen LogP contribution is -2.49. The largest absolute Gasteiger partial charge is 0.352 e. The van der Waals surface area contributed by atoms with E-state index in [1.807, 2.05) is 0 Å². The molecule has 132 valence electrons. The molecule has 0 bridgehead atoms. The Morgan fingerprint density at radius 3 is 2.88 bits per heavy atom. The smallest absolute Gasteiger partial charge is 0.278 e. The van der Waals surface area contributed by atoms with Crippen molar-refractivity contribution in [3.8, 4) is 0 Å². The zero-order chi connectivity index (χ0) is 18.0. The van der Waals surface area contributed by atoms with Crippen molar-refractivity contribution in [2.75, 3.05) is 13.1 Å². The Hall–Kier alpha value is -2.90. The standard InChI is InChI=1S/C17H20N4O4/c1-12(22)18-13-4-3-8-20(10-13)17(23)11-19-9-7-14-15(19)5-2-6-16(14)21(24)25/h2,5-7,9,13H,3-4,8,10-11H2,1H3,(H,18,22). The molecule has 1 aromatic heterocycles. The number of likely N-dealkylation sites (tertiary alicyclic amines) is 1. The van der Waals surface area contributed by atoms with E-state index in [4.69, 9.17) is 0 Å². The van der Waals surface area contributed by atoms with Crippen LogP contribution >= 0.6 is 0 Å². The van der Waals surface area contributed by atoms with Gasteiger partial charge in [-0.05, 0) is 25.0 Å². The van der Waals surface area contributed by atoms with Crippen LogP contribution in [0.25, 0.3) is 10.9 Å². The summed E-state index contributed by atoms with van der Waals surface area (Å²) in [6.45, 7) is 2.75. The number of amides is 2. The highest BCUT2D eigenvalue weighted by Gasteiger charge is 2.24. The van der Waals surface area contributed by atoms with Gasteiger partial charge < -0.3 is 14.8 Å². The van der Waals surface area contributed by atoms with Gasteiger partial charge in [-0.3, -0.25) is 19.7 Å². The third-order valence-electron chi connectivity index (χ3n) is 4.47. The molecule has 1 aliphatic rings. The van der Waals surface area contributed by atoms with Crippen LogP contribution < -0.4 is 5.32 Å². The summed E-state index contributed by atoms with van der Waals surface area (Å²) >= 11 is 0. The second kappa shape index (κ2) is 6.92. The summed E-state index contributed by atoms with van der Waals surface area (Å²) in [5, 5.41) is 14.5. The molecule has 8 nitrogen and oxygen atoms in total. The first-order valence-corrected chi connectivity index (χ1v) is 8.23. The number of carbonyl (C=O) groups is 2. The number of hydrogen-bond donors (Lipinski definition) is 1. The van der Waals surface area contributed by atoms with Crippen LogP contribution in [0.15, 0.2) is 30.5 Å². The fraction of sp³-hybridized carbons (Fsp3) is 0.412. The van der Waals surface area contributed by atoms with Crippen LogP contribution in [0.1, 0.15) is 19.8 Å². The molecule has 2 aromatic rings. The van der Waals surface area contributed by atoms with E-state index in [9.17, 15) is 19.7 Å². The average Bonchev–Trinajstić information content (AvgIpc) is 2.97. The van der Waals surface area contributed by atoms with E-state index in [1.54, 1.807) is 33.9 Å². The zero-order valence-electron chi connectivity index (χ0n) is 14.0. The van der Waals surface area contributed by atoms with Crippen molar-refractivity contribution >= 4 is 28.4 Å². The maximum absolute atomic E-state index is 12.6. The van der Waals surface area contributed by atoms with Crippen LogP contribution in [0.2, 0.25) is 0 Å². The molecular weight excluding hydrogens is 324 g/mol. The predicted octanol–water partition coefficient (Wildman–Crippen LogP) is 1.68. The summed E-state index contributed by atoms with van der Waals surface area (Å²) in [5.41, 5.74) is 0.699. The summed E-state index contributed by atoms with van der Waals surface area (Å²) in [5.74, 6) is -0.151. The minimum absolute atomic E-state index is 0.0160. The minimum Gasteiger partial charge on any atom is -0.352 e. The lowest BCUT2D eigenvalue weighted by atomic mass is 10.1. The summed E-state index contributed by atoms with van der Waals surface area (Å²) in [7, 11) is 0. The molecule has 0 saturated carbocycles. The second-order valence-electron chi connectivity index (χ2n) is 6.29. The van der Waals surface area contributed by atoms with E-state index in [0.717, 1.165) is 12.8 Å². The highest BCUT2D eigenvalue weighted by atomic mass is 16.6. The van der Waals surface area contributed by atoms with Gasteiger partial charge in [-0.15, -0.1) is 0 Å². The highest BCUT2D eigenvalue weighted by molar-refractivity contribution is 5.90. The van der Waals surface area contributed by atoms with E-state index in [2.05, 4.69) is 5.32 Å². The first-order valence-electron chi connectivity index (χ1n) is 8.23. The number of nitro benzene ring substituents is 1. The molecule has 1 N–H and O–H groups in total. The molecule has 1 unspecified atom stereocenters. The van der Waals surface area contributed by atoms with Crippen molar-refractivity contribution in [1.82, 2.24) is 14.8 Å². The molecule has 3 rings (SSSR count). The lowest BCUT2D eigenvalue weighted by molar-refractivity contribution is -0.383. The molecule has 1 fully saturated rings. The fourth-order valence-corrected chi connectivity index (χ4v) is 3.36. The number of non-ortho nitro benzene ring substituents is 1. The Labute approximate surface area is 144 Å². The quantitative estimate of drug-likeness (QED) is 0.674. The number of benzene rings is 1. The molecular formula is C17H20N4O4. The number of rotatable bonds is 4. The van der Waals surface area contributed by atoms with Crippen molar-refractivity contribution in [2.45, 2.75) is 32.4 Å². The number of nitrogens with one attached hydrogen (secondary N) is 1. The van der Waals surface area contributed by atoms with Crippen LogP contribution in [-0.4, -0.2) is 45.3 Å². The third-order valence-corrected chi connectivity index (χ3v) is 4.47. The maximum atomic E-state index is 12.6. The van der Waals surface area contributed by atoms with Gasteiger partial charge in [0.1, 0.15) is 6.54 Å². The first-order chi connectivity index (χ1) is 12.0. The first kappa shape index (κ1) is 16.9. The summed E-state index contributed by atoms with van der Waals surface area (Å²) < 4.78 is 1.73. The van der Waals surface area contributed by atoms with Gasteiger partial charge >= 0.3 is 0 Å². The van der Waals surface area contributed by atoms with Gasteiger partial charge in [0, 0.05) is 38.3 Å². The minimum atomic E-state index is -0.419. The number of hydrogen-bond acceptors (Lipinski definition) is 4. The fourth-order valence-electron chi connectivity index (χ4n) is 3.36. The summed E-state index contributed by atoms with van der Waals surface area (Å²) in [6, 6.07) is 6.49. The molecule has 1 aromatic carbocycles. The number of carbonyl (C=O) groups excluding carboxylic acids is 2. The SMILES string of the molecule is CC(=O)NC1CCCN(C(=O)Cn2ccc3c([N+](=O)[O-])cccc32)C1. The Morgan fingerprint density at radius 1 is 1.36 bits per heavy atom. The Kier molecular flexibility index (Phi) is 4.69. The van der Waals surface area contributed by atoms with E-state index in [0.29, 0.717) is 24.0 Å². The van der Waals surface area contributed by atoms with Gasteiger partial charge in [-0.1, -0.05) is 6.07 Å². The number of piperidine rings is 1. The topological polar surface area (TPSA) is 97.5 Å². The van der Waals surface area contributed by atoms with Crippen LogP contribution in [0.3, 0.4) is 0 Å². The number of fused-ring (bicyclic) bond motifs is 1. The average molecular weight is 344 g/mol. The molecule has 0 spiro atoms. The maximum Gasteiger partial charge on any atom is 0.278 e. The van der Waals surface area contributed by atoms with Crippen LogP contribution in [-0.2, 0) is 16.1 Å². The second-order valence-corrected chi connectivity index (χ2v) is 6.29. The van der Waals surface area contributed by atoms with Crippen molar-refractivity contribution in [3.63, 3.8) is 0 Å². The van der Waals surface area contributed by atoms with Crippen molar-refractivity contribution < 1.29 is 14.5 Å². The van der Waals surface area contributed by atoms with Gasteiger partial charge in [0.05, 0.1) is 15.8 Å². The predicted molar refractivity (Wildman–Crippen MR) is 92.0 cm³/mol. The Bertz CT molecular complexity index is 829. The zero-order valence-corrected chi connectivity index (χ0v) is 14.0. The van der Waals surface area contributed by atoms with Crippen LogP contribution in [0.5, 0.6) is 0 Å². The summed E-state index contributed by atoms with van der Waals surface area (Å²) in [4.78, 5) is 36.3. The van der Waals surface area contributed by atoms with Crippen LogP contribution in [0, 0.1) is 10.1 Å². The molecule has 0 aliphatic carbocycles. The van der Waals surface area contributed by atoms with Gasteiger partial charge in [-0.25, -0.2) is 0 Å². The monoisotopic (exact) mass is 344 g/mol. The Morgan fingerprint density at radius 2 is 2.16 bits per heavy atom. The van der Waals surface area contributed by atoms with Crippen molar-refractivity contribution in [1.29, 1.82) is 0 Å². The van der Waals surface area contributed by atoms with Crippen molar-refractivity contribution in [3.05, 3.63) is 40.6 Å². The molecule has 25 heavy (non-hydrogen) atoms. The van der Waals surface area contributed by atoms with Crippen molar-refractivity contribution in [2.24, 2.45) is 0 Å². The van der Waals surface area contributed by atoms with E-state index < -0.39 is 4.92 Å². The molecule has 2 heterocycles. The molecule has 0 radical (unpaired) electrons. The number of nitrogens with zero attached hydrogens (tertiary/aromatic N) is 3. The van der Waals surface area contributed by atoms with E-state index >= 15 is 0 Å². The van der Waals surface area contributed by atoms with Gasteiger partial charge in [0.25, 0.3) is 5.69 Å². The highest BCUT2D eigenvalue weighted by Crippen LogP contribution is 2.26. The summed E-state index contributed by atoms with van der Waals surface area (Å²) in [6.07, 6.45) is 3.40. The third kappa shape index (κ3) is 3.62. The lowest BCUT2D eigenvalue weighted by Gasteiger charge is -2.33. The number of nitro groups is 1. The Balaban J connectivity index is 1.75. The van der Waals surface area contributed by atoms with Gasteiger partial charge in [-0.2, -0.15) is 0 Å².